The van der Waals surface area contributed by atoms with E-state index in [1.54, 1.807) is 6.26 Å². The summed E-state index contributed by atoms with van der Waals surface area (Å²) < 4.78 is 11.0. The molecule has 1 aromatic carbocycles. The Morgan fingerprint density at radius 1 is 1.14 bits per heavy atom. The van der Waals surface area contributed by atoms with Crippen LogP contribution in [0.3, 0.4) is 0 Å². The van der Waals surface area contributed by atoms with E-state index in [1.165, 1.54) is 12.0 Å². The SMILES string of the molecule is CCNC(=NCc1coc(-c2ccc(C)cc2)n1)NCCCCN1CCOCC1. The van der Waals surface area contributed by atoms with E-state index in [2.05, 4.69) is 51.5 Å². The average Bonchev–Trinajstić information content (AvgIpc) is 3.22. The first-order valence-electron chi connectivity index (χ1n) is 10.6. The zero-order valence-electron chi connectivity index (χ0n) is 17.6. The van der Waals surface area contributed by atoms with Crippen molar-refractivity contribution >= 4 is 5.96 Å². The van der Waals surface area contributed by atoms with Gasteiger partial charge in [0.15, 0.2) is 5.96 Å². The number of hydrogen-bond donors (Lipinski definition) is 2. The first-order chi connectivity index (χ1) is 14.2. The molecule has 0 bridgehead atoms. The third-order valence-corrected chi connectivity index (χ3v) is 4.89. The van der Waals surface area contributed by atoms with Crippen LogP contribution in [0.1, 0.15) is 31.0 Å². The number of nitrogens with one attached hydrogen (secondary N) is 2. The molecule has 0 saturated carbocycles. The summed E-state index contributed by atoms with van der Waals surface area (Å²) in [4.78, 5) is 11.7. The molecular formula is C22H33N5O2. The fourth-order valence-electron chi connectivity index (χ4n) is 3.20. The molecule has 0 atom stereocenters. The Hall–Kier alpha value is -2.38. The normalized spacial score (nSPS) is 15.4. The number of nitrogens with zero attached hydrogens (tertiary/aromatic N) is 3. The van der Waals surface area contributed by atoms with Gasteiger partial charge >= 0.3 is 0 Å². The summed E-state index contributed by atoms with van der Waals surface area (Å²) in [6.07, 6.45) is 3.98. The van der Waals surface area contributed by atoms with E-state index < -0.39 is 0 Å². The molecule has 0 aliphatic carbocycles. The molecule has 0 amide bonds. The van der Waals surface area contributed by atoms with Gasteiger partial charge in [-0.3, -0.25) is 4.90 Å². The van der Waals surface area contributed by atoms with E-state index in [0.29, 0.717) is 12.4 Å². The predicted octanol–water partition coefficient (Wildman–Crippen LogP) is 2.82. The van der Waals surface area contributed by atoms with Gasteiger partial charge in [-0.1, -0.05) is 17.7 Å². The van der Waals surface area contributed by atoms with Gasteiger partial charge in [0.05, 0.1) is 19.8 Å². The van der Waals surface area contributed by atoms with Crippen molar-refractivity contribution in [2.75, 3.05) is 45.9 Å². The average molecular weight is 400 g/mol. The van der Waals surface area contributed by atoms with Crippen molar-refractivity contribution in [3.63, 3.8) is 0 Å². The number of aliphatic imine (C=N–C) groups is 1. The molecular weight excluding hydrogens is 366 g/mol. The van der Waals surface area contributed by atoms with Crippen LogP contribution in [-0.2, 0) is 11.3 Å². The number of aromatic nitrogens is 1. The highest BCUT2D eigenvalue weighted by Crippen LogP contribution is 2.19. The van der Waals surface area contributed by atoms with Crippen LogP contribution in [0.2, 0.25) is 0 Å². The van der Waals surface area contributed by atoms with Gasteiger partial charge in [0.1, 0.15) is 12.0 Å². The van der Waals surface area contributed by atoms with Gasteiger partial charge in [-0.2, -0.15) is 0 Å². The number of morpholine rings is 1. The van der Waals surface area contributed by atoms with Crippen LogP contribution in [-0.4, -0.2) is 61.8 Å². The molecule has 2 N–H and O–H groups in total. The van der Waals surface area contributed by atoms with Crippen molar-refractivity contribution in [2.24, 2.45) is 4.99 Å². The van der Waals surface area contributed by atoms with Crippen LogP contribution in [0.25, 0.3) is 11.5 Å². The van der Waals surface area contributed by atoms with Crippen LogP contribution < -0.4 is 10.6 Å². The Bertz CT molecular complexity index is 751. The number of ether oxygens (including phenoxy) is 1. The zero-order chi connectivity index (χ0) is 20.3. The van der Waals surface area contributed by atoms with E-state index in [9.17, 15) is 0 Å². The van der Waals surface area contributed by atoms with Crippen molar-refractivity contribution in [3.8, 4) is 11.5 Å². The fourth-order valence-corrected chi connectivity index (χ4v) is 3.20. The quantitative estimate of drug-likeness (QED) is 0.384. The van der Waals surface area contributed by atoms with E-state index in [0.717, 1.165) is 69.6 Å². The molecule has 1 aromatic heterocycles. The predicted molar refractivity (Wildman–Crippen MR) is 116 cm³/mol. The van der Waals surface area contributed by atoms with Crippen molar-refractivity contribution in [1.29, 1.82) is 0 Å². The summed E-state index contributed by atoms with van der Waals surface area (Å²) in [6, 6.07) is 8.17. The zero-order valence-corrected chi connectivity index (χ0v) is 17.6. The van der Waals surface area contributed by atoms with Crippen molar-refractivity contribution in [1.82, 2.24) is 20.5 Å². The minimum absolute atomic E-state index is 0.485. The Labute approximate surface area is 173 Å². The number of aryl methyl sites for hydroxylation is 1. The molecule has 158 valence electrons. The van der Waals surface area contributed by atoms with Crippen molar-refractivity contribution in [2.45, 2.75) is 33.2 Å². The summed E-state index contributed by atoms with van der Waals surface area (Å²) in [7, 11) is 0. The lowest BCUT2D eigenvalue weighted by molar-refractivity contribution is 0.0372. The Kier molecular flexibility index (Phi) is 8.52. The van der Waals surface area contributed by atoms with Crippen LogP contribution >= 0.6 is 0 Å². The van der Waals surface area contributed by atoms with Gasteiger partial charge in [-0.05, 0) is 45.4 Å². The molecule has 2 heterocycles. The lowest BCUT2D eigenvalue weighted by atomic mass is 10.1. The van der Waals surface area contributed by atoms with Gasteiger partial charge < -0.3 is 19.8 Å². The lowest BCUT2D eigenvalue weighted by Crippen LogP contribution is -2.39. The molecule has 1 aliphatic heterocycles. The summed E-state index contributed by atoms with van der Waals surface area (Å²) in [5.41, 5.74) is 3.03. The van der Waals surface area contributed by atoms with Gasteiger partial charge in [0.2, 0.25) is 5.89 Å². The Balaban J connectivity index is 1.43. The Morgan fingerprint density at radius 2 is 1.93 bits per heavy atom. The van der Waals surface area contributed by atoms with Crippen LogP contribution in [0.5, 0.6) is 0 Å². The second-order valence-electron chi connectivity index (χ2n) is 7.29. The molecule has 1 aliphatic rings. The molecule has 7 nitrogen and oxygen atoms in total. The molecule has 0 radical (unpaired) electrons. The van der Waals surface area contributed by atoms with Gasteiger partial charge in [-0.15, -0.1) is 0 Å². The van der Waals surface area contributed by atoms with Crippen molar-refractivity contribution in [3.05, 3.63) is 41.8 Å². The standard InChI is InChI=1S/C22H33N5O2/c1-3-23-22(24-10-4-5-11-27-12-14-28-15-13-27)25-16-20-17-29-21(26-20)19-8-6-18(2)7-9-19/h6-9,17H,3-5,10-16H2,1-2H3,(H2,23,24,25). The number of rotatable bonds is 9. The molecule has 1 fully saturated rings. The third kappa shape index (κ3) is 7.18. The monoisotopic (exact) mass is 399 g/mol. The fraction of sp³-hybridized carbons (Fsp3) is 0.545. The van der Waals surface area contributed by atoms with Gasteiger partial charge in [0.25, 0.3) is 0 Å². The van der Waals surface area contributed by atoms with Gasteiger partial charge in [0, 0.05) is 31.7 Å². The van der Waals surface area contributed by atoms with Crippen LogP contribution in [0.4, 0.5) is 0 Å². The molecule has 2 aromatic rings. The maximum absolute atomic E-state index is 5.62. The molecule has 0 unspecified atom stereocenters. The van der Waals surface area contributed by atoms with Crippen LogP contribution in [0.15, 0.2) is 39.9 Å². The number of benzene rings is 1. The highest BCUT2D eigenvalue weighted by Gasteiger charge is 2.09. The highest BCUT2D eigenvalue weighted by atomic mass is 16.5. The largest absolute Gasteiger partial charge is 0.444 e. The molecule has 29 heavy (non-hydrogen) atoms. The summed E-state index contributed by atoms with van der Waals surface area (Å²) in [5.74, 6) is 1.45. The smallest absolute Gasteiger partial charge is 0.226 e. The minimum Gasteiger partial charge on any atom is -0.444 e. The summed E-state index contributed by atoms with van der Waals surface area (Å²) >= 11 is 0. The van der Waals surface area contributed by atoms with E-state index in [4.69, 9.17) is 9.15 Å². The summed E-state index contributed by atoms with van der Waals surface area (Å²) in [5, 5.41) is 6.70. The highest BCUT2D eigenvalue weighted by molar-refractivity contribution is 5.79. The number of guanidine groups is 1. The Morgan fingerprint density at radius 3 is 2.69 bits per heavy atom. The van der Waals surface area contributed by atoms with Crippen LogP contribution in [0, 0.1) is 6.92 Å². The summed E-state index contributed by atoms with van der Waals surface area (Å²) in [6.45, 7) is 11.3. The van der Waals surface area contributed by atoms with E-state index in [-0.39, 0.29) is 0 Å². The van der Waals surface area contributed by atoms with E-state index >= 15 is 0 Å². The number of oxazole rings is 1. The minimum atomic E-state index is 0.485. The third-order valence-electron chi connectivity index (χ3n) is 4.89. The second-order valence-corrected chi connectivity index (χ2v) is 7.29. The second kappa shape index (κ2) is 11.6. The first-order valence-corrected chi connectivity index (χ1v) is 10.6. The molecule has 7 heteroatoms. The first kappa shape index (κ1) is 21.3. The van der Waals surface area contributed by atoms with Crippen molar-refractivity contribution < 1.29 is 9.15 Å². The molecule has 1 saturated heterocycles. The topological polar surface area (TPSA) is 74.9 Å². The number of unbranched alkanes of at least 4 members (excludes halogenated alkanes) is 1. The molecule has 3 rings (SSSR count). The van der Waals surface area contributed by atoms with Gasteiger partial charge in [-0.25, -0.2) is 9.98 Å². The number of hydrogen-bond acceptors (Lipinski definition) is 5. The maximum atomic E-state index is 5.62. The van der Waals surface area contributed by atoms with E-state index in [1.807, 2.05) is 12.1 Å². The maximum Gasteiger partial charge on any atom is 0.226 e. The molecule has 0 spiro atoms. The lowest BCUT2D eigenvalue weighted by Gasteiger charge is -2.26.